The van der Waals surface area contributed by atoms with Gasteiger partial charge in [-0.1, -0.05) is 36.2 Å². The van der Waals surface area contributed by atoms with Gasteiger partial charge in [-0.25, -0.2) is 0 Å². The van der Waals surface area contributed by atoms with Crippen LogP contribution in [0.2, 0.25) is 0 Å². The Bertz CT molecular complexity index is 189. The minimum absolute atomic E-state index is 0.846. The van der Waals surface area contributed by atoms with Crippen molar-refractivity contribution in [2.45, 2.75) is 26.2 Å². The third-order valence-corrected chi connectivity index (χ3v) is 2.46. The van der Waals surface area contributed by atoms with E-state index in [9.17, 15) is 0 Å². The van der Waals surface area contributed by atoms with Gasteiger partial charge in [-0.2, -0.15) is 0 Å². The Balaban J connectivity index is 2.87. The monoisotopic (exact) mass is 176 g/mol. The molecule has 0 nitrogen and oxygen atoms in total. The minimum Gasteiger partial charge on any atom is -0.0888 e. The number of hydrogen-bond acceptors (Lipinski definition) is 0. The minimum atomic E-state index is 0.846. The van der Waals surface area contributed by atoms with Gasteiger partial charge in [0, 0.05) is 10.1 Å². The van der Waals surface area contributed by atoms with Crippen LogP contribution in [0, 0.1) is 0 Å². The number of allylic oxidation sites excluding steroid dienone is 4. The molecule has 0 amide bonds. The molecule has 1 aliphatic carbocycles. The van der Waals surface area contributed by atoms with Crippen LogP contribution in [0.1, 0.15) is 26.2 Å². The Morgan fingerprint density at radius 2 is 2.20 bits per heavy atom. The number of hydrogen-bond donors (Lipinski definition) is 0. The predicted molar refractivity (Wildman–Crippen MR) is 46.3 cm³/mol. The molecule has 0 heterocycles. The van der Waals surface area contributed by atoms with E-state index < -0.39 is 0 Å². The van der Waals surface area contributed by atoms with Gasteiger partial charge in [-0.05, 0) is 24.8 Å². The first-order valence-electron chi connectivity index (χ1n) is 3.49. The Morgan fingerprint density at radius 3 is 2.60 bits per heavy atom. The number of rotatable bonds is 1. The zero-order valence-corrected chi connectivity index (χ0v) is 7.47. The molecule has 1 rings (SSSR count). The maximum absolute atomic E-state index is 5.93. The van der Waals surface area contributed by atoms with Crippen molar-refractivity contribution >= 4 is 23.2 Å². The summed E-state index contributed by atoms with van der Waals surface area (Å²) in [5, 5.41) is 1.79. The first-order chi connectivity index (χ1) is 4.75. The van der Waals surface area contributed by atoms with Crippen molar-refractivity contribution in [2.24, 2.45) is 0 Å². The molecule has 0 aliphatic heterocycles. The lowest BCUT2D eigenvalue weighted by Gasteiger charge is -2.11. The molecule has 1 aliphatic rings. The normalized spacial score (nSPS) is 19.3. The van der Waals surface area contributed by atoms with E-state index >= 15 is 0 Å². The Kier molecular flexibility index (Phi) is 2.82. The predicted octanol–water partition coefficient (Wildman–Crippen LogP) is 3.81. The summed E-state index contributed by atoms with van der Waals surface area (Å²) in [6.45, 7) is 2.07. The second kappa shape index (κ2) is 3.45. The van der Waals surface area contributed by atoms with E-state index in [0.717, 1.165) is 34.9 Å². The van der Waals surface area contributed by atoms with Crippen molar-refractivity contribution in [3.05, 3.63) is 21.7 Å². The van der Waals surface area contributed by atoms with Crippen LogP contribution in [-0.2, 0) is 0 Å². The molecule has 0 unspecified atom stereocenters. The van der Waals surface area contributed by atoms with Gasteiger partial charge in [0.25, 0.3) is 0 Å². The summed E-state index contributed by atoms with van der Waals surface area (Å²) in [5.74, 6) is 0. The van der Waals surface area contributed by atoms with Crippen LogP contribution < -0.4 is 0 Å². The highest BCUT2D eigenvalue weighted by Gasteiger charge is 2.10. The van der Waals surface area contributed by atoms with Crippen molar-refractivity contribution in [3.8, 4) is 0 Å². The first-order valence-corrected chi connectivity index (χ1v) is 4.25. The summed E-state index contributed by atoms with van der Waals surface area (Å²) in [6.07, 6.45) is 4.92. The highest BCUT2D eigenvalue weighted by molar-refractivity contribution is 6.35. The summed E-state index contributed by atoms with van der Waals surface area (Å²) in [5.41, 5.74) is 1.12. The smallest absolute Gasteiger partial charge is 0.0409 e. The summed E-state index contributed by atoms with van der Waals surface area (Å²) < 4.78 is 0. The van der Waals surface area contributed by atoms with Crippen molar-refractivity contribution < 1.29 is 0 Å². The van der Waals surface area contributed by atoms with Crippen LogP contribution >= 0.6 is 23.2 Å². The van der Waals surface area contributed by atoms with E-state index in [2.05, 4.69) is 6.92 Å². The molecule has 0 aromatic heterocycles. The van der Waals surface area contributed by atoms with E-state index in [1.807, 2.05) is 6.08 Å². The van der Waals surface area contributed by atoms with Crippen molar-refractivity contribution in [2.75, 3.05) is 0 Å². The van der Waals surface area contributed by atoms with Gasteiger partial charge >= 0.3 is 0 Å². The highest BCUT2D eigenvalue weighted by atomic mass is 35.5. The van der Waals surface area contributed by atoms with E-state index in [4.69, 9.17) is 23.2 Å². The molecular formula is C8H10Cl2. The quantitative estimate of drug-likeness (QED) is 0.571. The molecule has 2 heteroatoms. The van der Waals surface area contributed by atoms with Gasteiger partial charge in [-0.15, -0.1) is 0 Å². The van der Waals surface area contributed by atoms with E-state index in [-0.39, 0.29) is 0 Å². The maximum Gasteiger partial charge on any atom is 0.0409 e. The fourth-order valence-corrected chi connectivity index (χ4v) is 1.84. The lowest BCUT2D eigenvalue weighted by molar-refractivity contribution is 0.957. The molecule has 0 N–H and O–H groups in total. The van der Waals surface area contributed by atoms with Crippen molar-refractivity contribution in [1.29, 1.82) is 0 Å². The maximum atomic E-state index is 5.93. The molecule has 0 aromatic carbocycles. The molecule has 0 aromatic rings. The van der Waals surface area contributed by atoms with Crippen LogP contribution in [0.5, 0.6) is 0 Å². The lowest BCUT2D eigenvalue weighted by Crippen LogP contribution is -1.92. The second-order valence-electron chi connectivity index (χ2n) is 2.33. The van der Waals surface area contributed by atoms with E-state index in [1.54, 1.807) is 0 Å². The Labute approximate surface area is 71.5 Å². The third-order valence-electron chi connectivity index (χ3n) is 1.66. The molecule has 0 spiro atoms. The number of halogens is 2. The van der Waals surface area contributed by atoms with Crippen LogP contribution in [0.3, 0.4) is 0 Å². The van der Waals surface area contributed by atoms with Gasteiger partial charge in [0.1, 0.15) is 0 Å². The van der Waals surface area contributed by atoms with Gasteiger partial charge in [0.2, 0.25) is 0 Å². The highest BCUT2D eigenvalue weighted by Crippen LogP contribution is 2.31. The first kappa shape index (κ1) is 8.16. The topological polar surface area (TPSA) is 0 Å². The largest absolute Gasteiger partial charge is 0.0888 e. The molecule has 0 bridgehead atoms. The Hall–Kier alpha value is 0.0600. The fraction of sp³-hybridized carbons (Fsp3) is 0.500. The molecule has 0 atom stereocenters. The van der Waals surface area contributed by atoms with Gasteiger partial charge < -0.3 is 0 Å². The zero-order valence-electron chi connectivity index (χ0n) is 5.95. The molecule has 0 fully saturated rings. The summed E-state index contributed by atoms with van der Waals surface area (Å²) >= 11 is 11.8. The fourth-order valence-electron chi connectivity index (χ4n) is 1.09. The molecule has 0 radical (unpaired) electrons. The average molecular weight is 177 g/mol. The third kappa shape index (κ3) is 1.56. The molecule has 0 saturated heterocycles. The molecule has 56 valence electrons. The van der Waals surface area contributed by atoms with Crippen LogP contribution in [-0.4, -0.2) is 0 Å². The van der Waals surface area contributed by atoms with Gasteiger partial charge in [-0.3, -0.25) is 0 Å². The van der Waals surface area contributed by atoms with E-state index in [1.165, 1.54) is 0 Å². The van der Waals surface area contributed by atoms with Gasteiger partial charge in [0.05, 0.1) is 0 Å². The van der Waals surface area contributed by atoms with Crippen LogP contribution in [0.25, 0.3) is 0 Å². The molecule has 10 heavy (non-hydrogen) atoms. The molecular weight excluding hydrogens is 167 g/mol. The lowest BCUT2D eigenvalue weighted by atomic mass is 10.0. The van der Waals surface area contributed by atoms with Crippen LogP contribution in [0.15, 0.2) is 21.7 Å². The van der Waals surface area contributed by atoms with Crippen molar-refractivity contribution in [1.82, 2.24) is 0 Å². The van der Waals surface area contributed by atoms with Crippen molar-refractivity contribution in [3.63, 3.8) is 0 Å². The second-order valence-corrected chi connectivity index (χ2v) is 3.19. The summed E-state index contributed by atoms with van der Waals surface area (Å²) in [7, 11) is 0. The zero-order chi connectivity index (χ0) is 7.56. The molecule has 0 saturated carbocycles. The van der Waals surface area contributed by atoms with Gasteiger partial charge in [0.15, 0.2) is 0 Å². The van der Waals surface area contributed by atoms with Crippen LogP contribution in [0.4, 0.5) is 0 Å². The standard InChI is InChI=1S/C8H10Cl2/c1-2-6-7(9)4-3-5-8(6)10/h4H,2-3,5H2,1H3. The SMILES string of the molecule is CCC1=C(Cl)CCC=C1Cl. The summed E-state index contributed by atoms with van der Waals surface area (Å²) in [6, 6.07) is 0. The Morgan fingerprint density at radius 1 is 1.50 bits per heavy atom. The summed E-state index contributed by atoms with van der Waals surface area (Å²) in [4.78, 5) is 0. The van der Waals surface area contributed by atoms with E-state index in [0.29, 0.717) is 0 Å². The average Bonchev–Trinajstić information content (AvgIpc) is 1.88.